The molecular formula is C25H29F2NO5S2. The number of aliphatic carboxylic acids is 1. The maximum absolute atomic E-state index is 13.7. The maximum atomic E-state index is 13.7. The number of sulfone groups is 1. The highest BCUT2D eigenvalue weighted by Gasteiger charge is 2.42. The van der Waals surface area contributed by atoms with Crippen molar-refractivity contribution in [2.45, 2.75) is 49.3 Å². The lowest BCUT2D eigenvalue weighted by atomic mass is 9.81. The molecule has 3 rings (SSSR count). The smallest absolute Gasteiger partial charge is 0.368 e. The first-order valence-electron chi connectivity index (χ1n) is 11.3. The molecule has 0 amide bonds. The highest BCUT2D eigenvalue weighted by atomic mass is 32.2. The monoisotopic (exact) mass is 525 g/mol. The number of benzene rings is 2. The second kappa shape index (κ2) is 11.0. The molecule has 10 heteroatoms. The van der Waals surface area contributed by atoms with Gasteiger partial charge in [0, 0.05) is 23.7 Å². The number of ether oxygens (including phenoxy) is 1. The van der Waals surface area contributed by atoms with E-state index in [0.29, 0.717) is 41.9 Å². The first-order chi connectivity index (χ1) is 16.6. The van der Waals surface area contributed by atoms with Crippen molar-refractivity contribution in [1.82, 2.24) is 0 Å². The highest BCUT2D eigenvalue weighted by molar-refractivity contribution is 7.98. The lowest BCUT2D eigenvalue weighted by molar-refractivity contribution is -0.134. The third-order valence-corrected chi connectivity index (χ3v) is 9.05. The maximum Gasteiger partial charge on any atom is 0.368 e. The number of anilines is 2. The molecule has 1 atom stereocenters. The Hall–Kier alpha value is -2.59. The standard InChI is InChI=1S/C25H29F2NO5S2/c1-4-6-11-25(5-2)15-28(18-9-7-17(26)8-10-18)20-12-22(34-3)21(33-14-19(27)24(29)30)13-23(20)35(31,32)16-25/h7-10,12-14H,4-6,11,15-16H2,1-3H3,(H,29,30)/b19-14-/t25-/m1/s1. The van der Waals surface area contributed by atoms with Gasteiger partial charge in [0.2, 0.25) is 5.83 Å². The summed E-state index contributed by atoms with van der Waals surface area (Å²) < 4.78 is 60.0. The zero-order chi connectivity index (χ0) is 25.8. The van der Waals surface area contributed by atoms with Crippen LogP contribution < -0.4 is 9.64 Å². The Bertz CT molecular complexity index is 1220. The molecule has 1 heterocycles. The van der Waals surface area contributed by atoms with Crippen LogP contribution in [0.5, 0.6) is 5.75 Å². The number of carboxylic acids is 1. The predicted octanol–water partition coefficient (Wildman–Crippen LogP) is 6.33. The van der Waals surface area contributed by atoms with Crippen molar-refractivity contribution in [2.75, 3.05) is 23.5 Å². The Balaban J connectivity index is 2.25. The van der Waals surface area contributed by atoms with E-state index in [-0.39, 0.29) is 16.4 Å². The molecule has 1 aliphatic rings. The van der Waals surface area contributed by atoms with E-state index in [1.807, 2.05) is 11.8 Å². The third kappa shape index (κ3) is 5.98. The van der Waals surface area contributed by atoms with E-state index in [1.54, 1.807) is 24.5 Å². The van der Waals surface area contributed by atoms with E-state index >= 15 is 0 Å². The molecule has 0 aliphatic carbocycles. The van der Waals surface area contributed by atoms with Crippen LogP contribution >= 0.6 is 11.8 Å². The highest BCUT2D eigenvalue weighted by Crippen LogP contribution is 2.47. The van der Waals surface area contributed by atoms with Crippen LogP contribution in [-0.2, 0) is 14.6 Å². The lowest BCUT2D eigenvalue weighted by Crippen LogP contribution is -2.37. The summed E-state index contributed by atoms with van der Waals surface area (Å²) in [4.78, 5) is 13.2. The third-order valence-electron chi connectivity index (χ3n) is 6.30. The summed E-state index contributed by atoms with van der Waals surface area (Å²) in [5, 5.41) is 8.78. The van der Waals surface area contributed by atoms with Gasteiger partial charge in [-0.2, -0.15) is 4.39 Å². The van der Waals surface area contributed by atoms with Gasteiger partial charge in [0.1, 0.15) is 17.8 Å². The Labute approximate surface area is 208 Å². The number of unbranched alkanes of at least 4 members (excludes halogenated alkanes) is 1. The van der Waals surface area contributed by atoms with Crippen molar-refractivity contribution in [3.05, 3.63) is 54.3 Å². The number of halogens is 2. The molecule has 1 N–H and O–H groups in total. The summed E-state index contributed by atoms with van der Waals surface area (Å²) in [6.07, 6.45) is 5.31. The minimum atomic E-state index is -3.82. The Morgan fingerprint density at radius 3 is 2.51 bits per heavy atom. The van der Waals surface area contributed by atoms with E-state index in [9.17, 15) is 22.0 Å². The summed E-state index contributed by atoms with van der Waals surface area (Å²) >= 11 is 1.25. The molecule has 2 aromatic carbocycles. The molecule has 2 aromatic rings. The number of thioether (sulfide) groups is 1. The molecule has 0 saturated heterocycles. The molecule has 0 bridgehead atoms. The number of rotatable bonds is 9. The SMILES string of the molecule is CCCC[C@]1(CC)CN(c2ccc(F)cc2)c2cc(SC)c(O/C=C(\F)C(=O)O)cc2S(=O)(=O)C1. The van der Waals surface area contributed by atoms with Crippen LogP contribution in [0.25, 0.3) is 0 Å². The molecule has 0 saturated carbocycles. The van der Waals surface area contributed by atoms with Gasteiger partial charge >= 0.3 is 5.97 Å². The summed E-state index contributed by atoms with van der Waals surface area (Å²) in [7, 11) is -3.82. The molecule has 0 spiro atoms. The molecule has 190 valence electrons. The van der Waals surface area contributed by atoms with E-state index in [2.05, 4.69) is 6.92 Å². The first-order valence-corrected chi connectivity index (χ1v) is 14.2. The van der Waals surface area contributed by atoms with Crippen LogP contribution in [0.15, 0.2) is 58.3 Å². The number of nitrogens with zero attached hydrogens (tertiary/aromatic N) is 1. The zero-order valence-corrected chi connectivity index (χ0v) is 21.5. The van der Waals surface area contributed by atoms with Crippen molar-refractivity contribution in [1.29, 1.82) is 0 Å². The molecule has 6 nitrogen and oxygen atoms in total. The van der Waals surface area contributed by atoms with Gasteiger partial charge in [-0.15, -0.1) is 11.8 Å². The van der Waals surface area contributed by atoms with Crippen molar-refractivity contribution in [2.24, 2.45) is 5.41 Å². The van der Waals surface area contributed by atoms with Gasteiger partial charge in [0.15, 0.2) is 9.84 Å². The fourth-order valence-corrected chi connectivity index (χ4v) is 7.01. The Kier molecular flexibility index (Phi) is 8.48. The molecule has 0 aromatic heterocycles. The summed E-state index contributed by atoms with van der Waals surface area (Å²) in [6.45, 7) is 4.45. The van der Waals surface area contributed by atoms with Gasteiger partial charge in [-0.1, -0.05) is 26.7 Å². The Morgan fingerprint density at radius 2 is 1.94 bits per heavy atom. The van der Waals surface area contributed by atoms with Gasteiger partial charge in [-0.05, 0) is 49.4 Å². The van der Waals surface area contributed by atoms with E-state index in [1.165, 1.54) is 30.0 Å². The van der Waals surface area contributed by atoms with Crippen molar-refractivity contribution in [3.8, 4) is 5.75 Å². The minimum Gasteiger partial charge on any atom is -0.476 e. The van der Waals surface area contributed by atoms with Gasteiger partial charge in [-0.3, -0.25) is 0 Å². The van der Waals surface area contributed by atoms with Crippen molar-refractivity contribution in [3.63, 3.8) is 0 Å². The molecule has 0 fully saturated rings. The largest absolute Gasteiger partial charge is 0.476 e. The normalized spacial score (nSPS) is 19.7. The number of fused-ring (bicyclic) bond motifs is 1. The second-order valence-electron chi connectivity index (χ2n) is 8.64. The fraction of sp³-hybridized carbons (Fsp3) is 0.400. The molecule has 35 heavy (non-hydrogen) atoms. The van der Waals surface area contributed by atoms with Crippen LogP contribution in [-0.4, -0.2) is 38.0 Å². The summed E-state index contributed by atoms with van der Waals surface area (Å²) in [6, 6.07) is 8.87. The second-order valence-corrected chi connectivity index (χ2v) is 11.4. The van der Waals surface area contributed by atoms with Crippen molar-refractivity contribution >= 4 is 38.9 Å². The molecule has 1 aliphatic heterocycles. The topological polar surface area (TPSA) is 83.9 Å². The molecule has 0 unspecified atom stereocenters. The van der Waals surface area contributed by atoms with Crippen LogP contribution in [0.1, 0.15) is 39.5 Å². The summed E-state index contributed by atoms with van der Waals surface area (Å²) in [5.41, 5.74) is 0.525. The van der Waals surface area contributed by atoms with Crippen LogP contribution in [0.4, 0.5) is 20.2 Å². The van der Waals surface area contributed by atoms with Gasteiger partial charge in [0.25, 0.3) is 0 Å². The van der Waals surface area contributed by atoms with Crippen LogP contribution in [0.2, 0.25) is 0 Å². The number of carboxylic acid groups (broad SMARTS) is 1. The predicted molar refractivity (Wildman–Crippen MR) is 133 cm³/mol. The van der Waals surface area contributed by atoms with Gasteiger partial charge < -0.3 is 14.7 Å². The van der Waals surface area contributed by atoms with Crippen molar-refractivity contribution < 1.29 is 31.8 Å². The number of carbonyl (C=O) groups is 1. The molecular weight excluding hydrogens is 496 g/mol. The minimum absolute atomic E-state index is 0.00517. The lowest BCUT2D eigenvalue weighted by Gasteiger charge is -2.36. The average molecular weight is 526 g/mol. The zero-order valence-electron chi connectivity index (χ0n) is 19.9. The van der Waals surface area contributed by atoms with E-state index < -0.39 is 32.9 Å². The average Bonchev–Trinajstić information content (AvgIpc) is 2.93. The van der Waals surface area contributed by atoms with E-state index in [4.69, 9.17) is 9.84 Å². The molecule has 0 radical (unpaired) electrons. The first kappa shape index (κ1) is 27.0. The summed E-state index contributed by atoms with van der Waals surface area (Å²) in [5.74, 6) is -3.74. The van der Waals surface area contributed by atoms with Crippen LogP contribution in [0.3, 0.4) is 0 Å². The Morgan fingerprint density at radius 1 is 1.26 bits per heavy atom. The van der Waals surface area contributed by atoms with Crippen LogP contribution in [0, 0.1) is 11.2 Å². The number of hydrogen-bond acceptors (Lipinski definition) is 6. The fourth-order valence-electron chi connectivity index (χ4n) is 4.30. The van der Waals surface area contributed by atoms with Gasteiger partial charge in [-0.25, -0.2) is 17.6 Å². The quantitative estimate of drug-likeness (QED) is 0.233. The van der Waals surface area contributed by atoms with E-state index in [0.717, 1.165) is 12.8 Å². The van der Waals surface area contributed by atoms with Gasteiger partial charge in [0.05, 0.1) is 21.2 Å². The number of hydrogen-bond donors (Lipinski definition) is 1.